The number of nitrogens with zero attached hydrogens (tertiary/aromatic N) is 1. The molecule has 4 nitrogen and oxygen atoms in total. The largest absolute Gasteiger partial charge is 0.458 e. The lowest BCUT2D eigenvalue weighted by Gasteiger charge is -2.28. The Morgan fingerprint density at radius 3 is 2.10 bits per heavy atom. The fraction of sp³-hybridized carbons (Fsp3) is 0.240. The van der Waals surface area contributed by atoms with E-state index in [0.717, 1.165) is 12.1 Å². The van der Waals surface area contributed by atoms with Crippen molar-refractivity contribution in [2.24, 2.45) is 0 Å². The number of hydrogen-bond acceptors (Lipinski definition) is 4. The molecule has 1 unspecified atom stereocenters. The van der Waals surface area contributed by atoms with Crippen LogP contribution in [-0.4, -0.2) is 35.2 Å². The van der Waals surface area contributed by atoms with Gasteiger partial charge in [0.25, 0.3) is 0 Å². The summed E-state index contributed by atoms with van der Waals surface area (Å²) in [5.74, 6) is -0.929. The lowest BCUT2D eigenvalue weighted by atomic mass is 9.86. The maximum atomic E-state index is 13.2. The average Bonchev–Trinajstić information content (AvgIpc) is 3.22. The third-order valence-electron chi connectivity index (χ3n) is 5.50. The molecule has 0 spiro atoms. The summed E-state index contributed by atoms with van der Waals surface area (Å²) in [6.45, 7) is 2.00. The summed E-state index contributed by atoms with van der Waals surface area (Å²) in [6.07, 6.45) is 0.379. The molecule has 1 saturated heterocycles. The van der Waals surface area contributed by atoms with Gasteiger partial charge < -0.3 is 9.84 Å². The van der Waals surface area contributed by atoms with E-state index in [4.69, 9.17) is 4.74 Å². The van der Waals surface area contributed by atoms with E-state index in [2.05, 4.69) is 4.90 Å². The summed E-state index contributed by atoms with van der Waals surface area (Å²) in [5.41, 5.74) is 0.0885. The van der Waals surface area contributed by atoms with Crippen molar-refractivity contribution in [2.45, 2.75) is 24.7 Å². The van der Waals surface area contributed by atoms with Crippen LogP contribution in [-0.2, 0) is 21.7 Å². The van der Waals surface area contributed by atoms with Gasteiger partial charge in [0.2, 0.25) is 5.60 Å². The standard InChI is InChI=1S/C25H24FNO3/c26-22-13-11-19(12-14-22)17-27-16-15-23(18-27)30-24(28)25(29,20-7-3-1-4-8-20)21-9-5-2-6-10-21/h1-14,23,29H,15-18H2. The predicted octanol–water partition coefficient (Wildman–Crippen LogP) is 3.88. The normalized spacial score (nSPS) is 17.1. The summed E-state index contributed by atoms with van der Waals surface area (Å²) in [6, 6.07) is 24.2. The number of rotatable bonds is 6. The molecule has 1 fully saturated rings. The van der Waals surface area contributed by atoms with Crippen molar-refractivity contribution in [1.82, 2.24) is 4.90 Å². The summed E-state index contributed by atoms with van der Waals surface area (Å²) >= 11 is 0. The van der Waals surface area contributed by atoms with Crippen LogP contribution in [0.3, 0.4) is 0 Å². The molecule has 1 atom stereocenters. The first-order valence-corrected chi connectivity index (χ1v) is 10.1. The van der Waals surface area contributed by atoms with Gasteiger partial charge in [-0.05, 0) is 35.2 Å². The molecule has 1 aliphatic heterocycles. The van der Waals surface area contributed by atoms with E-state index in [1.54, 1.807) is 60.7 Å². The molecule has 0 aliphatic carbocycles. The number of carbonyl (C=O) groups excluding carboxylic acids is 1. The Hall–Kier alpha value is -3.02. The minimum absolute atomic E-state index is 0.256. The first-order valence-electron chi connectivity index (χ1n) is 10.1. The van der Waals surface area contributed by atoms with Crippen LogP contribution in [0.4, 0.5) is 4.39 Å². The van der Waals surface area contributed by atoms with Gasteiger partial charge in [0.15, 0.2) is 0 Å². The Balaban J connectivity index is 1.48. The SMILES string of the molecule is O=C(OC1CCN(Cc2ccc(F)cc2)C1)C(O)(c1ccccc1)c1ccccc1. The van der Waals surface area contributed by atoms with Gasteiger partial charge in [0, 0.05) is 19.6 Å². The van der Waals surface area contributed by atoms with Crippen LogP contribution in [0.15, 0.2) is 84.9 Å². The van der Waals surface area contributed by atoms with Gasteiger partial charge in [-0.3, -0.25) is 4.90 Å². The Morgan fingerprint density at radius 1 is 0.967 bits per heavy atom. The van der Waals surface area contributed by atoms with E-state index >= 15 is 0 Å². The molecule has 1 N–H and O–H groups in total. The fourth-order valence-electron chi connectivity index (χ4n) is 3.88. The molecule has 5 heteroatoms. The molecule has 3 aromatic rings. The second-order valence-electron chi connectivity index (χ2n) is 7.62. The Morgan fingerprint density at radius 2 is 1.53 bits per heavy atom. The smallest absolute Gasteiger partial charge is 0.348 e. The van der Waals surface area contributed by atoms with Gasteiger partial charge >= 0.3 is 5.97 Å². The minimum Gasteiger partial charge on any atom is -0.458 e. The van der Waals surface area contributed by atoms with Crippen molar-refractivity contribution in [3.05, 3.63) is 107 Å². The van der Waals surface area contributed by atoms with E-state index < -0.39 is 11.6 Å². The highest BCUT2D eigenvalue weighted by Gasteiger charge is 2.43. The van der Waals surface area contributed by atoms with Gasteiger partial charge in [-0.1, -0.05) is 72.8 Å². The topological polar surface area (TPSA) is 49.8 Å². The van der Waals surface area contributed by atoms with Crippen LogP contribution in [0.25, 0.3) is 0 Å². The number of benzene rings is 3. The predicted molar refractivity (Wildman–Crippen MR) is 112 cm³/mol. The quantitative estimate of drug-likeness (QED) is 0.633. The van der Waals surface area contributed by atoms with E-state index in [1.807, 2.05) is 12.1 Å². The number of aliphatic hydroxyl groups is 1. The molecule has 1 heterocycles. The van der Waals surface area contributed by atoms with Crippen molar-refractivity contribution >= 4 is 5.97 Å². The molecule has 4 rings (SSSR count). The number of halogens is 1. The lowest BCUT2D eigenvalue weighted by Crippen LogP contribution is -2.41. The van der Waals surface area contributed by atoms with E-state index in [0.29, 0.717) is 30.6 Å². The zero-order chi connectivity index (χ0) is 21.0. The van der Waals surface area contributed by atoms with Crippen LogP contribution in [0, 0.1) is 5.82 Å². The van der Waals surface area contributed by atoms with E-state index in [-0.39, 0.29) is 11.9 Å². The van der Waals surface area contributed by atoms with Crippen LogP contribution >= 0.6 is 0 Å². The first kappa shape index (κ1) is 20.3. The average molecular weight is 405 g/mol. The van der Waals surface area contributed by atoms with Crippen molar-refractivity contribution < 1.29 is 19.0 Å². The Kier molecular flexibility index (Phi) is 5.93. The molecule has 0 amide bonds. The number of esters is 1. The van der Waals surface area contributed by atoms with Gasteiger partial charge in [0.1, 0.15) is 11.9 Å². The van der Waals surface area contributed by atoms with E-state index in [1.165, 1.54) is 12.1 Å². The highest BCUT2D eigenvalue weighted by molar-refractivity contribution is 5.85. The molecule has 154 valence electrons. The molecule has 0 aromatic heterocycles. The summed E-state index contributed by atoms with van der Waals surface area (Å²) in [5, 5.41) is 11.5. The van der Waals surface area contributed by atoms with Gasteiger partial charge in [-0.2, -0.15) is 0 Å². The number of carbonyl (C=O) groups is 1. The second-order valence-corrected chi connectivity index (χ2v) is 7.62. The molecule has 3 aromatic carbocycles. The van der Waals surface area contributed by atoms with Crippen molar-refractivity contribution in [3.8, 4) is 0 Å². The monoisotopic (exact) mass is 405 g/mol. The van der Waals surface area contributed by atoms with Crippen LogP contribution < -0.4 is 0 Å². The van der Waals surface area contributed by atoms with Crippen molar-refractivity contribution in [3.63, 3.8) is 0 Å². The number of hydrogen-bond donors (Lipinski definition) is 1. The summed E-state index contributed by atoms with van der Waals surface area (Å²) in [4.78, 5) is 15.4. The highest BCUT2D eigenvalue weighted by atomic mass is 19.1. The second kappa shape index (κ2) is 8.78. The van der Waals surface area contributed by atoms with Gasteiger partial charge in [-0.15, -0.1) is 0 Å². The Bertz CT molecular complexity index is 937. The zero-order valence-electron chi connectivity index (χ0n) is 16.6. The van der Waals surface area contributed by atoms with Gasteiger partial charge in [0.05, 0.1) is 0 Å². The maximum absolute atomic E-state index is 13.2. The molecular weight excluding hydrogens is 381 g/mol. The maximum Gasteiger partial charge on any atom is 0.348 e. The van der Waals surface area contributed by atoms with Crippen molar-refractivity contribution in [2.75, 3.05) is 13.1 Å². The zero-order valence-corrected chi connectivity index (χ0v) is 16.6. The highest BCUT2D eigenvalue weighted by Crippen LogP contribution is 2.32. The van der Waals surface area contributed by atoms with Gasteiger partial charge in [-0.25, -0.2) is 9.18 Å². The first-order chi connectivity index (χ1) is 14.6. The molecule has 0 bridgehead atoms. The number of ether oxygens (including phenoxy) is 1. The molecule has 0 saturated carbocycles. The summed E-state index contributed by atoms with van der Waals surface area (Å²) in [7, 11) is 0. The molecule has 0 radical (unpaired) electrons. The lowest BCUT2D eigenvalue weighted by molar-refractivity contribution is -0.167. The van der Waals surface area contributed by atoms with Crippen LogP contribution in [0.2, 0.25) is 0 Å². The van der Waals surface area contributed by atoms with Crippen LogP contribution in [0.5, 0.6) is 0 Å². The van der Waals surface area contributed by atoms with Crippen molar-refractivity contribution in [1.29, 1.82) is 0 Å². The third-order valence-corrected chi connectivity index (χ3v) is 5.50. The minimum atomic E-state index is -1.87. The molecule has 30 heavy (non-hydrogen) atoms. The fourth-order valence-corrected chi connectivity index (χ4v) is 3.88. The molecule has 1 aliphatic rings. The molecular formula is C25H24FNO3. The number of likely N-dealkylation sites (tertiary alicyclic amines) is 1. The Labute approximate surface area is 175 Å². The third kappa shape index (κ3) is 4.27. The summed E-state index contributed by atoms with van der Waals surface area (Å²) < 4.78 is 18.9. The van der Waals surface area contributed by atoms with E-state index in [9.17, 15) is 14.3 Å². The van der Waals surface area contributed by atoms with Crippen LogP contribution in [0.1, 0.15) is 23.1 Å².